The molecular weight excluding hydrogens is 362 g/mol. The number of carbonyl (C=O) groups is 1. The molecule has 3 aliphatic rings. The molecule has 0 unspecified atom stereocenters. The van der Waals surface area contributed by atoms with E-state index < -0.39 is 0 Å². The molecule has 0 N–H and O–H groups in total. The quantitative estimate of drug-likeness (QED) is 0.589. The van der Waals surface area contributed by atoms with Crippen LogP contribution in [0, 0.1) is 0 Å². The van der Waals surface area contributed by atoms with Gasteiger partial charge in [-0.25, -0.2) is 0 Å². The summed E-state index contributed by atoms with van der Waals surface area (Å²) < 4.78 is 22.4. The SMILES string of the molecule is COc1cc2c(cc1/C=C1\SC(=S)N(C[C@@H]3CCCO3)C1=O)OCO2. The van der Waals surface area contributed by atoms with Gasteiger partial charge in [0, 0.05) is 18.2 Å². The second kappa shape index (κ2) is 6.86. The monoisotopic (exact) mass is 379 g/mol. The smallest absolute Gasteiger partial charge is 0.266 e. The number of rotatable bonds is 4. The van der Waals surface area contributed by atoms with Gasteiger partial charge in [0.05, 0.1) is 24.7 Å². The maximum atomic E-state index is 12.7. The molecule has 0 spiro atoms. The van der Waals surface area contributed by atoms with Crippen LogP contribution in [0.3, 0.4) is 0 Å². The molecule has 2 fully saturated rings. The summed E-state index contributed by atoms with van der Waals surface area (Å²) in [5, 5.41) is 0. The van der Waals surface area contributed by atoms with Crippen LogP contribution in [-0.4, -0.2) is 48.3 Å². The van der Waals surface area contributed by atoms with E-state index in [4.69, 9.17) is 31.2 Å². The summed E-state index contributed by atoms with van der Waals surface area (Å²) in [5.74, 6) is 1.81. The Kier molecular flexibility index (Phi) is 4.58. The van der Waals surface area contributed by atoms with Crippen LogP contribution in [0.2, 0.25) is 0 Å². The topological polar surface area (TPSA) is 57.2 Å². The Labute approximate surface area is 155 Å². The van der Waals surface area contributed by atoms with Crippen molar-refractivity contribution in [3.8, 4) is 17.2 Å². The molecular formula is C17H17NO5S2. The third-order valence-electron chi connectivity index (χ3n) is 4.30. The van der Waals surface area contributed by atoms with Crippen LogP contribution in [0.4, 0.5) is 0 Å². The number of thiocarbonyl (C=S) groups is 1. The number of ether oxygens (including phenoxy) is 4. The van der Waals surface area contributed by atoms with Crippen LogP contribution in [0.15, 0.2) is 17.0 Å². The van der Waals surface area contributed by atoms with Gasteiger partial charge in [-0.1, -0.05) is 24.0 Å². The number of methoxy groups -OCH3 is 1. The van der Waals surface area contributed by atoms with Crippen LogP contribution in [0.5, 0.6) is 17.2 Å². The van der Waals surface area contributed by atoms with Crippen molar-refractivity contribution in [1.82, 2.24) is 4.90 Å². The number of amides is 1. The van der Waals surface area contributed by atoms with Crippen molar-refractivity contribution in [3.05, 3.63) is 22.6 Å². The minimum Gasteiger partial charge on any atom is -0.496 e. The minimum absolute atomic E-state index is 0.0712. The highest BCUT2D eigenvalue weighted by molar-refractivity contribution is 8.26. The van der Waals surface area contributed by atoms with E-state index in [0.717, 1.165) is 25.0 Å². The standard InChI is InChI=1S/C17H17NO5S2/c1-20-12-7-14-13(22-9-23-14)5-10(12)6-15-16(19)18(17(24)25-15)8-11-3-2-4-21-11/h5-7,11H,2-4,8-9H2,1H3/b15-6-/t11-/m0/s1. The van der Waals surface area contributed by atoms with Crippen molar-refractivity contribution in [3.63, 3.8) is 0 Å². The van der Waals surface area contributed by atoms with Gasteiger partial charge in [0.15, 0.2) is 11.5 Å². The van der Waals surface area contributed by atoms with Gasteiger partial charge in [-0.15, -0.1) is 0 Å². The fraction of sp³-hybridized carbons (Fsp3) is 0.412. The van der Waals surface area contributed by atoms with Crippen LogP contribution < -0.4 is 14.2 Å². The molecule has 0 aromatic heterocycles. The van der Waals surface area contributed by atoms with Crippen molar-refractivity contribution in [1.29, 1.82) is 0 Å². The number of thioether (sulfide) groups is 1. The maximum Gasteiger partial charge on any atom is 0.266 e. The molecule has 0 saturated carbocycles. The highest BCUT2D eigenvalue weighted by atomic mass is 32.2. The summed E-state index contributed by atoms with van der Waals surface area (Å²) in [7, 11) is 1.58. The third-order valence-corrected chi connectivity index (χ3v) is 5.67. The van der Waals surface area contributed by atoms with E-state index >= 15 is 0 Å². The molecule has 1 atom stereocenters. The van der Waals surface area contributed by atoms with Crippen molar-refractivity contribution < 1.29 is 23.7 Å². The molecule has 3 heterocycles. The first-order valence-electron chi connectivity index (χ1n) is 8.00. The molecule has 2 saturated heterocycles. The molecule has 6 nitrogen and oxygen atoms in total. The lowest BCUT2D eigenvalue weighted by Crippen LogP contribution is -2.35. The molecule has 25 heavy (non-hydrogen) atoms. The van der Waals surface area contributed by atoms with Crippen LogP contribution >= 0.6 is 24.0 Å². The summed E-state index contributed by atoms with van der Waals surface area (Å²) in [6.45, 7) is 1.45. The van der Waals surface area contributed by atoms with Gasteiger partial charge in [-0.2, -0.15) is 0 Å². The average molecular weight is 379 g/mol. The van der Waals surface area contributed by atoms with Gasteiger partial charge in [0.1, 0.15) is 10.1 Å². The summed E-state index contributed by atoms with van der Waals surface area (Å²) in [6, 6.07) is 3.58. The first-order chi connectivity index (χ1) is 12.2. The Bertz CT molecular complexity index is 758. The average Bonchev–Trinajstić information content (AvgIpc) is 3.32. The lowest BCUT2D eigenvalue weighted by Gasteiger charge is -2.18. The van der Waals surface area contributed by atoms with Crippen molar-refractivity contribution in [2.75, 3.05) is 27.1 Å². The second-order valence-electron chi connectivity index (χ2n) is 5.87. The van der Waals surface area contributed by atoms with Gasteiger partial charge in [-0.3, -0.25) is 9.69 Å². The summed E-state index contributed by atoms with van der Waals surface area (Å²) >= 11 is 6.68. The number of nitrogens with zero attached hydrogens (tertiary/aromatic N) is 1. The maximum absolute atomic E-state index is 12.7. The fourth-order valence-corrected chi connectivity index (χ4v) is 4.29. The molecule has 0 radical (unpaired) electrons. The minimum atomic E-state index is -0.0924. The van der Waals surface area contributed by atoms with Gasteiger partial charge >= 0.3 is 0 Å². The highest BCUT2D eigenvalue weighted by Crippen LogP contribution is 2.41. The van der Waals surface area contributed by atoms with Crippen molar-refractivity contribution in [2.45, 2.75) is 18.9 Å². The molecule has 8 heteroatoms. The molecule has 1 amide bonds. The van der Waals surface area contributed by atoms with Gasteiger partial charge in [0.2, 0.25) is 6.79 Å². The van der Waals surface area contributed by atoms with E-state index in [1.165, 1.54) is 11.8 Å². The Hall–Kier alpha value is -1.77. The molecule has 0 aliphatic carbocycles. The van der Waals surface area contributed by atoms with E-state index in [1.807, 2.05) is 6.07 Å². The van der Waals surface area contributed by atoms with E-state index in [0.29, 0.717) is 33.0 Å². The zero-order valence-electron chi connectivity index (χ0n) is 13.6. The van der Waals surface area contributed by atoms with Gasteiger partial charge in [0.25, 0.3) is 5.91 Å². The van der Waals surface area contributed by atoms with Gasteiger partial charge in [-0.05, 0) is 25.0 Å². The number of hydrogen-bond acceptors (Lipinski definition) is 7. The first-order valence-corrected chi connectivity index (χ1v) is 9.23. The Morgan fingerprint density at radius 2 is 2.20 bits per heavy atom. The third kappa shape index (κ3) is 3.21. The number of hydrogen-bond donors (Lipinski definition) is 0. The Morgan fingerprint density at radius 3 is 2.92 bits per heavy atom. The Morgan fingerprint density at radius 1 is 1.40 bits per heavy atom. The highest BCUT2D eigenvalue weighted by Gasteiger charge is 2.35. The van der Waals surface area contributed by atoms with Gasteiger partial charge < -0.3 is 18.9 Å². The van der Waals surface area contributed by atoms with Crippen LogP contribution in [-0.2, 0) is 9.53 Å². The lowest BCUT2D eigenvalue weighted by atomic mass is 10.1. The largest absolute Gasteiger partial charge is 0.496 e. The van der Waals surface area contributed by atoms with Crippen LogP contribution in [0.1, 0.15) is 18.4 Å². The van der Waals surface area contributed by atoms with Crippen molar-refractivity contribution >= 4 is 40.3 Å². The lowest BCUT2D eigenvalue weighted by molar-refractivity contribution is -0.123. The molecule has 1 aromatic rings. The number of benzene rings is 1. The predicted molar refractivity (Wildman–Crippen MR) is 98.0 cm³/mol. The summed E-state index contributed by atoms with van der Waals surface area (Å²) in [6.07, 6.45) is 3.85. The second-order valence-corrected chi connectivity index (χ2v) is 7.55. The predicted octanol–water partition coefficient (Wildman–Crippen LogP) is 2.80. The van der Waals surface area contributed by atoms with Crippen molar-refractivity contribution in [2.24, 2.45) is 0 Å². The fourth-order valence-electron chi connectivity index (χ4n) is 3.02. The number of fused-ring (bicyclic) bond motifs is 1. The van der Waals surface area contributed by atoms with E-state index in [2.05, 4.69) is 0 Å². The normalized spacial score (nSPS) is 23.8. The molecule has 1 aromatic carbocycles. The number of carbonyl (C=O) groups excluding carboxylic acids is 1. The Balaban J connectivity index is 1.59. The summed E-state index contributed by atoms with van der Waals surface area (Å²) in [5.41, 5.74) is 0.754. The zero-order chi connectivity index (χ0) is 17.4. The van der Waals surface area contributed by atoms with Crippen LogP contribution in [0.25, 0.3) is 6.08 Å². The van der Waals surface area contributed by atoms with E-state index in [-0.39, 0.29) is 18.8 Å². The zero-order valence-corrected chi connectivity index (χ0v) is 15.3. The molecule has 3 aliphatic heterocycles. The van der Waals surface area contributed by atoms with E-state index in [9.17, 15) is 4.79 Å². The first kappa shape index (κ1) is 16.7. The van der Waals surface area contributed by atoms with E-state index in [1.54, 1.807) is 24.2 Å². The summed E-state index contributed by atoms with van der Waals surface area (Å²) in [4.78, 5) is 14.9. The molecule has 0 bridgehead atoms. The molecule has 132 valence electrons. The molecule has 4 rings (SSSR count).